The van der Waals surface area contributed by atoms with Gasteiger partial charge >= 0.3 is 0 Å². The molecule has 1 aromatic heterocycles. The quantitative estimate of drug-likeness (QED) is 0.739. The molecule has 1 amide bonds. The minimum atomic E-state index is -0.0397. The first-order valence-corrected chi connectivity index (χ1v) is 9.74. The number of ether oxygens (including phenoxy) is 1. The molecule has 2 aromatic carbocycles. The monoisotopic (exact) mass is 388 g/mol. The Kier molecular flexibility index (Phi) is 5.32. The summed E-state index contributed by atoms with van der Waals surface area (Å²) in [5, 5.41) is 9.41. The number of amides is 1. The number of aromatic nitrogens is 1. The van der Waals surface area contributed by atoms with Gasteiger partial charge in [0.25, 0.3) is 5.91 Å². The first kappa shape index (κ1) is 19.2. The van der Waals surface area contributed by atoms with E-state index in [1.54, 1.807) is 4.90 Å². The van der Waals surface area contributed by atoms with Crippen LogP contribution in [0, 0.1) is 13.8 Å². The highest BCUT2D eigenvalue weighted by Gasteiger charge is 2.21. The average Bonchev–Trinajstić information content (AvgIpc) is 2.94. The molecule has 0 aliphatic carbocycles. The Bertz CT molecular complexity index is 1040. The second-order valence-corrected chi connectivity index (χ2v) is 7.43. The van der Waals surface area contributed by atoms with Gasteiger partial charge in [-0.1, -0.05) is 18.2 Å². The van der Waals surface area contributed by atoms with Gasteiger partial charge in [-0.2, -0.15) is 0 Å². The molecule has 0 saturated carbocycles. The third-order valence-corrected chi connectivity index (χ3v) is 5.08. The molecule has 0 fully saturated rings. The standard InChI is InChI=1S/C24H24N2O3/c1-16-10-17(2)25-22(11-16)19-4-3-5-20(13-19)24(28)26-8-9-29-23-7-6-18(15-27)12-21(23)14-26/h3-7,10-13,27H,8-9,14-15H2,1-2H3. The number of aliphatic hydroxyl groups is 1. The summed E-state index contributed by atoms with van der Waals surface area (Å²) in [6.07, 6.45) is 0. The topological polar surface area (TPSA) is 62.7 Å². The fourth-order valence-electron chi connectivity index (χ4n) is 3.70. The Labute approximate surface area is 170 Å². The number of benzene rings is 2. The van der Waals surface area contributed by atoms with E-state index >= 15 is 0 Å². The van der Waals surface area contributed by atoms with E-state index in [0.717, 1.165) is 39.4 Å². The lowest BCUT2D eigenvalue weighted by molar-refractivity contribution is 0.0733. The number of aryl methyl sites for hydroxylation is 2. The fraction of sp³-hybridized carbons (Fsp3) is 0.250. The first-order chi connectivity index (χ1) is 14.0. The van der Waals surface area contributed by atoms with Gasteiger partial charge in [-0.05, 0) is 61.4 Å². The molecule has 0 atom stereocenters. The van der Waals surface area contributed by atoms with Crippen molar-refractivity contribution in [1.82, 2.24) is 9.88 Å². The first-order valence-electron chi connectivity index (χ1n) is 9.74. The van der Waals surface area contributed by atoms with Crippen LogP contribution in [-0.4, -0.2) is 34.0 Å². The maximum absolute atomic E-state index is 13.2. The number of carbonyl (C=O) groups is 1. The molecule has 5 heteroatoms. The molecular weight excluding hydrogens is 364 g/mol. The van der Waals surface area contributed by atoms with E-state index in [9.17, 15) is 9.90 Å². The minimum absolute atomic E-state index is 0.0355. The van der Waals surface area contributed by atoms with E-state index in [1.165, 1.54) is 0 Å². The van der Waals surface area contributed by atoms with Gasteiger partial charge in [0.1, 0.15) is 12.4 Å². The maximum atomic E-state index is 13.2. The minimum Gasteiger partial charge on any atom is -0.491 e. The summed E-state index contributed by atoms with van der Waals surface area (Å²) in [7, 11) is 0. The molecule has 0 radical (unpaired) electrons. The molecule has 1 aliphatic heterocycles. The van der Waals surface area contributed by atoms with E-state index < -0.39 is 0 Å². The molecule has 1 N–H and O–H groups in total. The predicted octanol–water partition coefficient (Wildman–Crippen LogP) is 3.89. The number of pyridine rings is 1. The lowest BCUT2D eigenvalue weighted by Crippen LogP contribution is -2.32. The predicted molar refractivity (Wildman–Crippen MR) is 112 cm³/mol. The van der Waals surface area contributed by atoms with Crippen molar-refractivity contribution in [3.05, 3.63) is 82.5 Å². The van der Waals surface area contributed by atoms with Gasteiger partial charge in [-0.15, -0.1) is 0 Å². The molecule has 148 valence electrons. The van der Waals surface area contributed by atoms with E-state index in [1.807, 2.05) is 68.4 Å². The van der Waals surface area contributed by atoms with Gasteiger partial charge in [0.2, 0.25) is 0 Å². The van der Waals surface area contributed by atoms with Crippen LogP contribution in [0.25, 0.3) is 11.3 Å². The van der Waals surface area contributed by atoms with E-state index in [2.05, 4.69) is 4.98 Å². The third-order valence-electron chi connectivity index (χ3n) is 5.08. The van der Waals surface area contributed by atoms with E-state index in [4.69, 9.17) is 4.74 Å². The summed E-state index contributed by atoms with van der Waals surface area (Å²) in [5.74, 6) is 0.729. The van der Waals surface area contributed by atoms with Crippen LogP contribution in [0.1, 0.15) is 32.7 Å². The van der Waals surface area contributed by atoms with Crippen molar-refractivity contribution in [1.29, 1.82) is 0 Å². The zero-order valence-electron chi connectivity index (χ0n) is 16.7. The van der Waals surface area contributed by atoms with Crippen LogP contribution >= 0.6 is 0 Å². The van der Waals surface area contributed by atoms with Crippen molar-refractivity contribution in [2.24, 2.45) is 0 Å². The number of carbonyl (C=O) groups excluding carboxylic acids is 1. The lowest BCUT2D eigenvalue weighted by atomic mass is 10.0. The summed E-state index contributed by atoms with van der Waals surface area (Å²) in [4.78, 5) is 19.6. The molecule has 3 aromatic rings. The second-order valence-electron chi connectivity index (χ2n) is 7.43. The number of fused-ring (bicyclic) bond motifs is 1. The number of hydrogen-bond acceptors (Lipinski definition) is 4. The van der Waals surface area contributed by atoms with Crippen molar-refractivity contribution in [3.8, 4) is 17.0 Å². The van der Waals surface area contributed by atoms with Gasteiger partial charge in [0.15, 0.2) is 0 Å². The molecule has 5 nitrogen and oxygen atoms in total. The summed E-state index contributed by atoms with van der Waals surface area (Å²) < 4.78 is 5.80. The summed E-state index contributed by atoms with van der Waals surface area (Å²) in [6, 6.07) is 17.3. The molecule has 4 rings (SSSR count). The maximum Gasteiger partial charge on any atom is 0.254 e. The largest absolute Gasteiger partial charge is 0.491 e. The Morgan fingerprint density at radius 2 is 2.00 bits per heavy atom. The van der Waals surface area contributed by atoms with Crippen molar-refractivity contribution < 1.29 is 14.6 Å². The van der Waals surface area contributed by atoms with Crippen molar-refractivity contribution in [2.45, 2.75) is 27.0 Å². The van der Waals surface area contributed by atoms with Gasteiger partial charge in [0.05, 0.1) is 18.8 Å². The SMILES string of the molecule is Cc1cc(C)nc(-c2cccc(C(=O)N3CCOc4ccc(CO)cc4C3)c2)c1. The molecular formula is C24H24N2O3. The molecule has 0 unspecified atom stereocenters. The number of aliphatic hydroxyl groups excluding tert-OH is 1. The van der Waals surface area contributed by atoms with Crippen molar-refractivity contribution in [3.63, 3.8) is 0 Å². The molecule has 29 heavy (non-hydrogen) atoms. The van der Waals surface area contributed by atoms with Crippen molar-refractivity contribution in [2.75, 3.05) is 13.2 Å². The average molecular weight is 388 g/mol. The zero-order valence-corrected chi connectivity index (χ0v) is 16.7. The highest BCUT2D eigenvalue weighted by molar-refractivity contribution is 5.95. The van der Waals surface area contributed by atoms with Gasteiger partial charge in [-0.25, -0.2) is 0 Å². The summed E-state index contributed by atoms with van der Waals surface area (Å²) in [6.45, 7) is 5.38. The Morgan fingerprint density at radius 3 is 2.79 bits per heavy atom. The number of hydrogen-bond donors (Lipinski definition) is 1. The highest BCUT2D eigenvalue weighted by Crippen LogP contribution is 2.26. The van der Waals surface area contributed by atoms with E-state index in [-0.39, 0.29) is 12.5 Å². The molecule has 0 saturated heterocycles. The van der Waals surface area contributed by atoms with Crippen LogP contribution in [0.3, 0.4) is 0 Å². The Morgan fingerprint density at radius 1 is 1.14 bits per heavy atom. The zero-order chi connectivity index (χ0) is 20.4. The normalized spacial score (nSPS) is 13.4. The summed E-state index contributed by atoms with van der Waals surface area (Å²) in [5.41, 5.74) is 6.25. The van der Waals surface area contributed by atoms with Gasteiger partial charge < -0.3 is 14.7 Å². The third kappa shape index (κ3) is 4.15. The highest BCUT2D eigenvalue weighted by atomic mass is 16.5. The van der Waals surface area contributed by atoms with Crippen LogP contribution in [0.15, 0.2) is 54.6 Å². The molecule has 2 heterocycles. The second kappa shape index (κ2) is 8.05. The van der Waals surface area contributed by atoms with Crippen LogP contribution < -0.4 is 4.74 Å². The smallest absolute Gasteiger partial charge is 0.254 e. The summed E-state index contributed by atoms with van der Waals surface area (Å²) >= 11 is 0. The van der Waals surface area contributed by atoms with Crippen molar-refractivity contribution >= 4 is 5.91 Å². The van der Waals surface area contributed by atoms with Gasteiger partial charge in [0, 0.05) is 28.9 Å². The van der Waals surface area contributed by atoms with Crippen LogP contribution in [0.2, 0.25) is 0 Å². The van der Waals surface area contributed by atoms with Crippen LogP contribution in [-0.2, 0) is 13.2 Å². The Balaban J connectivity index is 1.62. The van der Waals surface area contributed by atoms with Crippen LogP contribution in [0.4, 0.5) is 0 Å². The number of rotatable bonds is 3. The van der Waals surface area contributed by atoms with Crippen LogP contribution in [0.5, 0.6) is 5.75 Å². The van der Waals surface area contributed by atoms with E-state index in [0.29, 0.717) is 25.3 Å². The Hall–Kier alpha value is -3.18. The molecule has 0 spiro atoms. The fourth-order valence-corrected chi connectivity index (χ4v) is 3.70. The lowest BCUT2D eigenvalue weighted by Gasteiger charge is -2.20. The van der Waals surface area contributed by atoms with Gasteiger partial charge in [-0.3, -0.25) is 9.78 Å². The number of nitrogens with zero attached hydrogens (tertiary/aromatic N) is 2. The molecule has 1 aliphatic rings. The molecule has 0 bridgehead atoms.